The molecule has 1 heterocycles. The van der Waals surface area contributed by atoms with Crippen molar-refractivity contribution in [2.75, 3.05) is 38.0 Å². The molecule has 0 saturated carbocycles. The quantitative estimate of drug-likeness (QED) is 0.434. The summed E-state index contributed by atoms with van der Waals surface area (Å²) in [7, 11) is -4.05. The van der Waals surface area contributed by atoms with E-state index in [-0.39, 0.29) is 29.5 Å². The zero-order chi connectivity index (χ0) is 23.3. The molecule has 1 amide bonds. The van der Waals surface area contributed by atoms with Gasteiger partial charge in [-0.05, 0) is 29.8 Å². The highest BCUT2D eigenvalue weighted by Gasteiger charge is 2.22. The van der Waals surface area contributed by atoms with Gasteiger partial charge < -0.3 is 10.2 Å². The SMILES string of the molecule is NS(=O)(=O)c1ccc(NCCC(=O)N2CCN(Cc3ccc(Cl)cc3)CC2)c([N+](=O)[O-])c1. The first-order chi connectivity index (χ1) is 15.1. The minimum Gasteiger partial charge on any atom is -0.379 e. The lowest BCUT2D eigenvalue weighted by molar-refractivity contribution is -0.384. The molecular weight excluding hydrogens is 458 g/mol. The highest BCUT2D eigenvalue weighted by molar-refractivity contribution is 7.89. The standard InChI is InChI=1S/C20H24ClN5O5S/c21-16-3-1-15(2-4-16)14-24-9-11-25(12-10-24)20(27)7-8-23-18-6-5-17(32(22,30)31)13-19(18)26(28)29/h1-6,13,23H,7-12,14H2,(H2,22,30,31). The lowest BCUT2D eigenvalue weighted by Gasteiger charge is -2.34. The summed E-state index contributed by atoms with van der Waals surface area (Å²) in [5.41, 5.74) is 0.871. The topological polar surface area (TPSA) is 139 Å². The molecule has 1 aliphatic heterocycles. The zero-order valence-corrected chi connectivity index (χ0v) is 18.8. The molecule has 0 unspecified atom stereocenters. The summed E-state index contributed by atoms with van der Waals surface area (Å²) in [6, 6.07) is 11.1. The number of sulfonamides is 1. The van der Waals surface area contributed by atoms with Gasteiger partial charge in [0.1, 0.15) is 5.69 Å². The average Bonchev–Trinajstić information content (AvgIpc) is 2.75. The van der Waals surface area contributed by atoms with Crippen molar-refractivity contribution >= 4 is 38.9 Å². The van der Waals surface area contributed by atoms with Crippen molar-refractivity contribution in [2.24, 2.45) is 5.14 Å². The number of hydrogen-bond donors (Lipinski definition) is 2. The Balaban J connectivity index is 1.48. The molecule has 10 nitrogen and oxygen atoms in total. The number of primary sulfonamides is 1. The highest BCUT2D eigenvalue weighted by atomic mass is 35.5. The average molecular weight is 482 g/mol. The summed E-state index contributed by atoms with van der Waals surface area (Å²) in [5.74, 6) is -0.0487. The first-order valence-corrected chi connectivity index (χ1v) is 11.9. The minimum absolute atomic E-state index is 0.0487. The Morgan fingerprint density at radius 2 is 1.78 bits per heavy atom. The van der Waals surface area contributed by atoms with Gasteiger partial charge in [0.05, 0.1) is 9.82 Å². The molecule has 2 aromatic rings. The van der Waals surface area contributed by atoms with Crippen molar-refractivity contribution in [1.82, 2.24) is 9.80 Å². The van der Waals surface area contributed by atoms with Crippen LogP contribution in [0, 0.1) is 10.1 Å². The minimum atomic E-state index is -4.05. The van der Waals surface area contributed by atoms with Crippen molar-refractivity contribution in [3.05, 3.63) is 63.2 Å². The van der Waals surface area contributed by atoms with Gasteiger partial charge in [-0.15, -0.1) is 0 Å². The third-order valence-electron chi connectivity index (χ3n) is 5.19. The number of nitrogens with one attached hydrogen (secondary N) is 1. The number of anilines is 1. The lowest BCUT2D eigenvalue weighted by atomic mass is 10.2. The zero-order valence-electron chi connectivity index (χ0n) is 17.2. The lowest BCUT2D eigenvalue weighted by Crippen LogP contribution is -2.48. The largest absolute Gasteiger partial charge is 0.379 e. The maximum atomic E-state index is 12.5. The number of rotatable bonds is 8. The van der Waals surface area contributed by atoms with Gasteiger partial charge in [0.15, 0.2) is 0 Å². The Bertz CT molecular complexity index is 1090. The van der Waals surface area contributed by atoms with Crippen LogP contribution >= 0.6 is 11.6 Å². The third-order valence-corrected chi connectivity index (χ3v) is 6.36. The third kappa shape index (κ3) is 6.39. The number of carbonyl (C=O) groups is 1. The van der Waals surface area contributed by atoms with Crippen LogP contribution in [-0.4, -0.2) is 61.8 Å². The van der Waals surface area contributed by atoms with Gasteiger partial charge in [0.25, 0.3) is 5.69 Å². The van der Waals surface area contributed by atoms with E-state index in [0.29, 0.717) is 18.1 Å². The summed E-state index contributed by atoms with van der Waals surface area (Å²) in [6.45, 7) is 3.69. The second-order valence-electron chi connectivity index (χ2n) is 7.44. The fourth-order valence-corrected chi connectivity index (χ4v) is 4.11. The number of hydrogen-bond acceptors (Lipinski definition) is 7. The fourth-order valence-electron chi connectivity index (χ4n) is 3.45. The van der Waals surface area contributed by atoms with Crippen LogP contribution in [0.1, 0.15) is 12.0 Å². The van der Waals surface area contributed by atoms with Crippen LogP contribution in [0.25, 0.3) is 0 Å². The Morgan fingerprint density at radius 3 is 2.38 bits per heavy atom. The predicted octanol–water partition coefficient (Wildman–Crippen LogP) is 2.04. The first kappa shape index (κ1) is 23.9. The van der Waals surface area contributed by atoms with Crippen LogP contribution in [0.2, 0.25) is 5.02 Å². The molecule has 172 valence electrons. The van der Waals surface area contributed by atoms with Gasteiger partial charge in [0, 0.05) is 56.8 Å². The van der Waals surface area contributed by atoms with E-state index in [4.69, 9.17) is 16.7 Å². The Hall–Kier alpha value is -2.73. The highest BCUT2D eigenvalue weighted by Crippen LogP contribution is 2.27. The summed E-state index contributed by atoms with van der Waals surface area (Å²) < 4.78 is 22.8. The molecule has 0 spiro atoms. The summed E-state index contributed by atoms with van der Waals surface area (Å²) >= 11 is 5.91. The van der Waals surface area contributed by atoms with Gasteiger partial charge in [-0.1, -0.05) is 23.7 Å². The molecular formula is C20H24ClN5O5S. The van der Waals surface area contributed by atoms with Crippen LogP contribution in [0.4, 0.5) is 11.4 Å². The van der Waals surface area contributed by atoms with Crippen LogP contribution in [0.5, 0.6) is 0 Å². The van der Waals surface area contributed by atoms with E-state index in [0.717, 1.165) is 31.3 Å². The summed E-state index contributed by atoms with van der Waals surface area (Å²) in [6.07, 6.45) is 0.158. The molecule has 3 rings (SSSR count). The number of nitro groups is 1. The monoisotopic (exact) mass is 481 g/mol. The molecule has 1 aliphatic rings. The van der Waals surface area contributed by atoms with Crippen molar-refractivity contribution in [3.8, 4) is 0 Å². The molecule has 12 heteroatoms. The molecule has 3 N–H and O–H groups in total. The maximum Gasteiger partial charge on any atom is 0.293 e. The second-order valence-corrected chi connectivity index (χ2v) is 9.44. The van der Waals surface area contributed by atoms with Crippen molar-refractivity contribution < 1.29 is 18.1 Å². The number of nitrogens with two attached hydrogens (primary N) is 1. The van der Waals surface area contributed by atoms with E-state index in [1.807, 2.05) is 24.3 Å². The number of piperazine rings is 1. The Morgan fingerprint density at radius 1 is 1.12 bits per heavy atom. The molecule has 0 aliphatic carbocycles. The number of halogens is 1. The maximum absolute atomic E-state index is 12.5. The molecule has 0 aromatic heterocycles. The summed E-state index contributed by atoms with van der Waals surface area (Å²) in [4.78, 5) is 26.8. The smallest absolute Gasteiger partial charge is 0.293 e. The molecule has 0 bridgehead atoms. The normalized spacial score (nSPS) is 14.9. The number of carbonyl (C=O) groups excluding carboxylic acids is 1. The van der Waals surface area contributed by atoms with E-state index in [9.17, 15) is 23.3 Å². The van der Waals surface area contributed by atoms with Gasteiger partial charge >= 0.3 is 0 Å². The van der Waals surface area contributed by atoms with Crippen molar-refractivity contribution in [2.45, 2.75) is 17.9 Å². The fraction of sp³-hybridized carbons (Fsp3) is 0.350. The van der Waals surface area contributed by atoms with Crippen LogP contribution < -0.4 is 10.5 Å². The molecule has 1 fully saturated rings. The van der Waals surface area contributed by atoms with Crippen LogP contribution in [0.3, 0.4) is 0 Å². The van der Waals surface area contributed by atoms with Gasteiger partial charge in [-0.3, -0.25) is 19.8 Å². The van der Waals surface area contributed by atoms with E-state index < -0.39 is 20.6 Å². The van der Waals surface area contributed by atoms with E-state index in [1.54, 1.807) is 4.90 Å². The van der Waals surface area contributed by atoms with Crippen LogP contribution in [-0.2, 0) is 21.4 Å². The molecule has 2 aromatic carbocycles. The predicted molar refractivity (Wildman–Crippen MR) is 121 cm³/mol. The van der Waals surface area contributed by atoms with E-state index in [1.165, 1.54) is 12.1 Å². The Labute approximate surface area is 191 Å². The molecule has 0 atom stereocenters. The first-order valence-electron chi connectivity index (χ1n) is 9.93. The van der Waals surface area contributed by atoms with E-state index in [2.05, 4.69) is 10.2 Å². The molecule has 0 radical (unpaired) electrons. The van der Waals surface area contributed by atoms with E-state index >= 15 is 0 Å². The number of amides is 1. The number of nitro benzene ring substituents is 1. The van der Waals surface area contributed by atoms with Gasteiger partial charge in [-0.2, -0.15) is 0 Å². The van der Waals surface area contributed by atoms with Gasteiger partial charge in [0.2, 0.25) is 15.9 Å². The number of nitrogens with zero attached hydrogens (tertiary/aromatic N) is 3. The molecule has 1 saturated heterocycles. The Kier molecular flexibility index (Phi) is 7.67. The summed E-state index contributed by atoms with van der Waals surface area (Å²) in [5, 5.41) is 19.8. The van der Waals surface area contributed by atoms with Gasteiger partial charge in [-0.25, -0.2) is 13.6 Å². The van der Waals surface area contributed by atoms with Crippen molar-refractivity contribution in [3.63, 3.8) is 0 Å². The number of benzene rings is 2. The van der Waals surface area contributed by atoms with Crippen LogP contribution in [0.15, 0.2) is 47.4 Å². The van der Waals surface area contributed by atoms with Crippen molar-refractivity contribution in [1.29, 1.82) is 0 Å². The second kappa shape index (κ2) is 10.3. The molecule has 32 heavy (non-hydrogen) atoms.